The number of rotatable bonds is 3. The molecule has 1 heterocycles. The molecule has 0 aliphatic carbocycles. The molecule has 2 rings (SSSR count). The maximum absolute atomic E-state index is 10.8. The van der Waals surface area contributed by atoms with E-state index >= 15 is 0 Å². The second kappa shape index (κ2) is 5.09. The van der Waals surface area contributed by atoms with Crippen molar-refractivity contribution in [3.63, 3.8) is 0 Å². The number of carbonyl (C=O) groups is 1. The van der Waals surface area contributed by atoms with E-state index in [2.05, 4.69) is 11.0 Å². The molecule has 1 atom stereocenters. The van der Waals surface area contributed by atoms with Gasteiger partial charge in [-0.15, -0.1) is 0 Å². The Hall–Kier alpha value is -2.02. The average molecular weight is 244 g/mol. The second-order valence-corrected chi connectivity index (χ2v) is 4.72. The van der Waals surface area contributed by atoms with E-state index in [1.807, 2.05) is 25.1 Å². The number of carboxylic acid groups (broad SMARTS) is 1. The van der Waals surface area contributed by atoms with Gasteiger partial charge in [0, 0.05) is 12.6 Å². The van der Waals surface area contributed by atoms with E-state index in [1.165, 1.54) is 0 Å². The lowest BCUT2D eigenvalue weighted by Gasteiger charge is -2.26. The number of carboxylic acids is 1. The van der Waals surface area contributed by atoms with Crippen LogP contribution in [0.2, 0.25) is 0 Å². The number of hydrogen-bond donors (Lipinski definition) is 1. The Morgan fingerprint density at radius 2 is 2.39 bits per heavy atom. The summed E-state index contributed by atoms with van der Waals surface area (Å²) in [5.74, 6) is -0.780. The zero-order chi connectivity index (χ0) is 13.1. The Morgan fingerprint density at radius 3 is 3.06 bits per heavy atom. The molecule has 0 amide bonds. The highest BCUT2D eigenvalue weighted by Crippen LogP contribution is 2.30. The summed E-state index contributed by atoms with van der Waals surface area (Å²) >= 11 is 0. The molecule has 0 saturated carbocycles. The zero-order valence-corrected chi connectivity index (χ0v) is 10.4. The van der Waals surface area contributed by atoms with Crippen molar-refractivity contribution in [3.05, 3.63) is 29.3 Å². The Labute approximate surface area is 106 Å². The van der Waals surface area contributed by atoms with Gasteiger partial charge in [0.05, 0.1) is 17.7 Å². The summed E-state index contributed by atoms with van der Waals surface area (Å²) in [5.41, 5.74) is 2.54. The normalized spacial score (nSPS) is 18.7. The number of aryl methyl sites for hydroxylation is 1. The van der Waals surface area contributed by atoms with E-state index < -0.39 is 5.97 Å². The summed E-state index contributed by atoms with van der Waals surface area (Å²) in [7, 11) is 0. The molecule has 1 N–H and O–H groups in total. The minimum Gasteiger partial charge on any atom is -0.481 e. The first-order chi connectivity index (χ1) is 8.61. The third kappa shape index (κ3) is 2.45. The fraction of sp³-hybridized carbons (Fsp3) is 0.429. The molecule has 0 aromatic heterocycles. The predicted molar refractivity (Wildman–Crippen MR) is 68.5 cm³/mol. The smallest absolute Gasteiger partial charge is 0.305 e. The SMILES string of the molecule is Cc1ccc(N2CCCC2CC(=O)O)c(C#N)c1. The van der Waals surface area contributed by atoms with Gasteiger partial charge in [-0.3, -0.25) is 4.79 Å². The van der Waals surface area contributed by atoms with Crippen molar-refractivity contribution < 1.29 is 9.90 Å². The van der Waals surface area contributed by atoms with Crippen LogP contribution in [0.3, 0.4) is 0 Å². The number of aliphatic carboxylic acids is 1. The fourth-order valence-corrected chi connectivity index (χ4v) is 2.56. The van der Waals surface area contributed by atoms with Crippen LogP contribution in [0.15, 0.2) is 18.2 Å². The molecule has 4 nitrogen and oxygen atoms in total. The molecule has 1 aliphatic heterocycles. The van der Waals surface area contributed by atoms with Crippen LogP contribution in [0.25, 0.3) is 0 Å². The van der Waals surface area contributed by atoms with E-state index in [9.17, 15) is 10.1 Å². The van der Waals surface area contributed by atoms with E-state index in [0.717, 1.165) is 30.6 Å². The Bertz CT molecular complexity index is 505. The summed E-state index contributed by atoms with van der Waals surface area (Å²) < 4.78 is 0. The van der Waals surface area contributed by atoms with E-state index in [1.54, 1.807) is 0 Å². The Morgan fingerprint density at radius 1 is 1.61 bits per heavy atom. The number of anilines is 1. The Kier molecular flexibility index (Phi) is 3.52. The summed E-state index contributed by atoms with van der Waals surface area (Å²) in [6.45, 7) is 2.78. The van der Waals surface area contributed by atoms with Gasteiger partial charge >= 0.3 is 5.97 Å². The summed E-state index contributed by atoms with van der Waals surface area (Å²) in [5, 5.41) is 18.1. The summed E-state index contributed by atoms with van der Waals surface area (Å²) in [6.07, 6.45) is 2.00. The molecule has 0 spiro atoms. The highest BCUT2D eigenvalue weighted by Gasteiger charge is 2.28. The van der Waals surface area contributed by atoms with Crippen molar-refractivity contribution in [2.24, 2.45) is 0 Å². The van der Waals surface area contributed by atoms with Gasteiger partial charge in [-0.05, 0) is 37.5 Å². The van der Waals surface area contributed by atoms with E-state index in [-0.39, 0.29) is 12.5 Å². The maximum Gasteiger partial charge on any atom is 0.305 e. The minimum absolute atomic E-state index is 0.0114. The molecular formula is C14H16N2O2. The maximum atomic E-state index is 10.8. The van der Waals surface area contributed by atoms with Crippen LogP contribution in [0.5, 0.6) is 0 Å². The Balaban J connectivity index is 2.30. The van der Waals surface area contributed by atoms with Crippen molar-refractivity contribution in [2.45, 2.75) is 32.2 Å². The molecular weight excluding hydrogens is 228 g/mol. The van der Waals surface area contributed by atoms with Crippen LogP contribution in [-0.4, -0.2) is 23.7 Å². The van der Waals surface area contributed by atoms with Crippen LogP contribution in [-0.2, 0) is 4.79 Å². The fourth-order valence-electron chi connectivity index (χ4n) is 2.56. The van der Waals surface area contributed by atoms with Gasteiger partial charge in [-0.2, -0.15) is 5.26 Å². The van der Waals surface area contributed by atoms with Crippen LogP contribution >= 0.6 is 0 Å². The van der Waals surface area contributed by atoms with Gasteiger partial charge < -0.3 is 10.0 Å². The summed E-state index contributed by atoms with van der Waals surface area (Å²) in [4.78, 5) is 12.9. The average Bonchev–Trinajstić information content (AvgIpc) is 2.76. The molecule has 1 aliphatic rings. The monoisotopic (exact) mass is 244 g/mol. The first-order valence-corrected chi connectivity index (χ1v) is 6.11. The van der Waals surface area contributed by atoms with Crippen LogP contribution in [0, 0.1) is 18.3 Å². The lowest BCUT2D eigenvalue weighted by Crippen LogP contribution is -2.31. The van der Waals surface area contributed by atoms with Gasteiger partial charge in [0.1, 0.15) is 6.07 Å². The van der Waals surface area contributed by atoms with Crippen LogP contribution < -0.4 is 4.90 Å². The molecule has 4 heteroatoms. The first-order valence-electron chi connectivity index (χ1n) is 6.11. The van der Waals surface area contributed by atoms with Gasteiger partial charge in [0.15, 0.2) is 0 Å². The van der Waals surface area contributed by atoms with Gasteiger partial charge in [-0.1, -0.05) is 6.07 Å². The third-order valence-electron chi connectivity index (χ3n) is 3.37. The third-order valence-corrected chi connectivity index (χ3v) is 3.37. The van der Waals surface area contributed by atoms with Crippen molar-refractivity contribution in [3.8, 4) is 6.07 Å². The quantitative estimate of drug-likeness (QED) is 0.886. The molecule has 0 bridgehead atoms. The number of benzene rings is 1. The van der Waals surface area contributed by atoms with Gasteiger partial charge in [0.25, 0.3) is 0 Å². The standard InChI is InChI=1S/C14H16N2O2/c1-10-4-5-13(11(7-10)9-15)16-6-2-3-12(16)8-14(17)18/h4-5,7,12H,2-3,6,8H2,1H3,(H,17,18). The van der Waals surface area contributed by atoms with Crippen LogP contribution in [0.4, 0.5) is 5.69 Å². The summed E-state index contributed by atoms with van der Waals surface area (Å²) in [6, 6.07) is 7.95. The van der Waals surface area contributed by atoms with Crippen molar-refractivity contribution >= 4 is 11.7 Å². The predicted octanol–water partition coefficient (Wildman–Crippen LogP) is 2.31. The molecule has 0 radical (unpaired) electrons. The molecule has 1 fully saturated rings. The van der Waals surface area contributed by atoms with Gasteiger partial charge in [-0.25, -0.2) is 0 Å². The van der Waals surface area contributed by atoms with Crippen molar-refractivity contribution in [2.75, 3.05) is 11.4 Å². The molecule has 1 aromatic carbocycles. The molecule has 1 unspecified atom stereocenters. The number of nitriles is 1. The largest absolute Gasteiger partial charge is 0.481 e. The number of hydrogen-bond acceptors (Lipinski definition) is 3. The molecule has 94 valence electrons. The minimum atomic E-state index is -0.780. The lowest BCUT2D eigenvalue weighted by atomic mass is 10.1. The lowest BCUT2D eigenvalue weighted by molar-refractivity contribution is -0.137. The first kappa shape index (κ1) is 12.4. The zero-order valence-electron chi connectivity index (χ0n) is 10.4. The molecule has 1 saturated heterocycles. The van der Waals surface area contributed by atoms with Crippen molar-refractivity contribution in [1.82, 2.24) is 0 Å². The molecule has 18 heavy (non-hydrogen) atoms. The second-order valence-electron chi connectivity index (χ2n) is 4.72. The van der Waals surface area contributed by atoms with Crippen LogP contribution in [0.1, 0.15) is 30.4 Å². The number of nitrogens with zero attached hydrogens (tertiary/aromatic N) is 2. The van der Waals surface area contributed by atoms with E-state index in [0.29, 0.717) is 5.56 Å². The highest BCUT2D eigenvalue weighted by atomic mass is 16.4. The topological polar surface area (TPSA) is 64.3 Å². The highest BCUT2D eigenvalue weighted by molar-refractivity contribution is 5.70. The van der Waals surface area contributed by atoms with E-state index in [4.69, 9.17) is 5.11 Å². The van der Waals surface area contributed by atoms with Gasteiger partial charge in [0.2, 0.25) is 0 Å². The van der Waals surface area contributed by atoms with Crippen molar-refractivity contribution in [1.29, 1.82) is 5.26 Å². The molecule has 1 aromatic rings.